The van der Waals surface area contributed by atoms with Crippen LogP contribution in [0.1, 0.15) is 0 Å². The zero-order valence-electron chi connectivity index (χ0n) is 4.27. The molecule has 0 saturated carbocycles. The van der Waals surface area contributed by atoms with Crippen LogP contribution in [0.4, 0.5) is 0 Å². The Morgan fingerprint density at radius 2 is 0.455 bits per heavy atom. The molecule has 0 aliphatic rings. The van der Waals surface area contributed by atoms with Gasteiger partial charge in [0.15, 0.2) is 0 Å². The molecular weight excluding hydrogens is 242 g/mol. The summed E-state index contributed by atoms with van der Waals surface area (Å²) in [6.45, 7) is 0. The monoisotopic (exact) mass is 248 g/mol. The molecule has 0 saturated heterocycles. The second-order valence-electron chi connectivity index (χ2n) is 0. The van der Waals surface area contributed by atoms with E-state index < -0.39 is 0 Å². The summed E-state index contributed by atoms with van der Waals surface area (Å²) in [4.78, 5) is 0. The van der Waals surface area contributed by atoms with Gasteiger partial charge in [-0.25, -0.2) is 0 Å². The predicted octanol–water partition coefficient (Wildman–Crippen LogP) is -2.53. The van der Waals surface area contributed by atoms with E-state index in [0.717, 1.165) is 0 Å². The first kappa shape index (κ1) is 365. The van der Waals surface area contributed by atoms with Crippen LogP contribution < -0.4 is 0 Å². The number of hydrogen-bond acceptors (Lipinski definition) is 0. The zero-order valence-corrected chi connectivity index (χ0v) is 10.4. The van der Waals surface area contributed by atoms with Gasteiger partial charge < -0.3 is 16.4 Å². The van der Waals surface area contributed by atoms with Gasteiger partial charge in [-0.1, -0.05) is 0 Å². The molecule has 0 unspecified atom stereocenters. The SMILES string of the molecule is B.B.[Al+3].[Al+3].[O-2].[O-2].[O-2].[P].[P].[Si].[Si]. The van der Waals surface area contributed by atoms with Gasteiger partial charge in [0.05, 0.1) is 16.8 Å². The van der Waals surface area contributed by atoms with Crippen molar-refractivity contribution in [1.29, 1.82) is 0 Å². The Hall–Kier alpha value is 2.37. The Morgan fingerprint density at radius 3 is 0.455 bits per heavy atom. The summed E-state index contributed by atoms with van der Waals surface area (Å²) in [5, 5.41) is 0. The molecule has 0 amide bonds. The van der Waals surface area contributed by atoms with E-state index >= 15 is 0 Å². The molecule has 0 aliphatic carbocycles. The summed E-state index contributed by atoms with van der Waals surface area (Å²) in [6, 6.07) is 0. The average molecular weight is 248 g/mol. The van der Waals surface area contributed by atoms with Crippen molar-refractivity contribution >= 4 is 93.3 Å². The van der Waals surface area contributed by atoms with Gasteiger partial charge >= 0.3 is 34.7 Å². The van der Waals surface area contributed by atoms with E-state index in [1.165, 1.54) is 0 Å². The average Bonchev–Trinajstić information content (AvgIpc) is 0. The molecule has 54 valence electrons. The summed E-state index contributed by atoms with van der Waals surface area (Å²) < 4.78 is 0. The second kappa shape index (κ2) is 285. The standard InChI is InChI=1S/2Al.2BH3.3O.2P.2Si/h;;2*1H3;;;;;;;/q2*+3;;;3*-2;;;;. The minimum atomic E-state index is 0. The van der Waals surface area contributed by atoms with E-state index in [0.29, 0.717) is 0 Å². The maximum atomic E-state index is 0. The van der Waals surface area contributed by atoms with Crippen molar-refractivity contribution in [2.45, 2.75) is 0 Å². The van der Waals surface area contributed by atoms with Gasteiger partial charge in [0.2, 0.25) is 0 Å². The summed E-state index contributed by atoms with van der Waals surface area (Å²) in [5.41, 5.74) is 0. The quantitative estimate of drug-likeness (QED) is 0.334. The molecule has 0 aromatic heterocycles. The fourth-order valence-electron chi connectivity index (χ4n) is 0. The van der Waals surface area contributed by atoms with E-state index in [-0.39, 0.29) is 110 Å². The molecule has 0 heterocycles. The van der Waals surface area contributed by atoms with Gasteiger partial charge in [0, 0.05) is 41.7 Å². The van der Waals surface area contributed by atoms with Gasteiger partial charge in [-0.05, 0) is 0 Å². The molecule has 11 heavy (non-hydrogen) atoms. The van der Waals surface area contributed by atoms with Crippen molar-refractivity contribution < 1.29 is 16.4 Å². The smallest absolute Gasteiger partial charge is 2.00 e. The third kappa shape index (κ3) is 237. The molecule has 11 heteroatoms. The first-order chi connectivity index (χ1) is 0. The van der Waals surface area contributed by atoms with E-state index in [4.69, 9.17) is 0 Å². The third-order valence-corrected chi connectivity index (χ3v) is 0. The minimum absolute atomic E-state index is 0. The van der Waals surface area contributed by atoms with E-state index in [2.05, 4.69) is 0 Å². The van der Waals surface area contributed by atoms with Crippen LogP contribution in [0, 0.1) is 0 Å². The summed E-state index contributed by atoms with van der Waals surface area (Å²) in [6.07, 6.45) is 0. The molecule has 3 nitrogen and oxygen atoms in total. The van der Waals surface area contributed by atoms with Crippen molar-refractivity contribution in [2.24, 2.45) is 0 Å². The van der Waals surface area contributed by atoms with E-state index in [1.54, 1.807) is 0 Å². The van der Waals surface area contributed by atoms with Crippen LogP contribution in [0.15, 0.2) is 0 Å². The molecule has 0 spiro atoms. The fraction of sp³-hybridized carbons (Fsp3) is 0. The fourth-order valence-corrected chi connectivity index (χ4v) is 0. The van der Waals surface area contributed by atoms with Crippen LogP contribution in [0.2, 0.25) is 0 Å². The Kier molecular flexibility index (Phi) is 9440. The first-order valence-corrected chi connectivity index (χ1v) is 0. The van der Waals surface area contributed by atoms with Gasteiger partial charge in [-0.2, -0.15) is 0 Å². The van der Waals surface area contributed by atoms with Crippen LogP contribution in [0.3, 0.4) is 0 Å². The van der Waals surface area contributed by atoms with Crippen molar-refractivity contribution in [1.82, 2.24) is 0 Å². The summed E-state index contributed by atoms with van der Waals surface area (Å²) >= 11 is 0. The number of rotatable bonds is 0. The molecule has 14 radical (unpaired) electrons. The Balaban J connectivity index is 0. The van der Waals surface area contributed by atoms with Gasteiger partial charge in [-0.15, -0.1) is 0 Å². The van der Waals surface area contributed by atoms with Gasteiger partial charge in [0.25, 0.3) is 0 Å². The largest absolute Gasteiger partial charge is 3.00 e. The normalized spacial score (nSPS) is 0. The van der Waals surface area contributed by atoms with Gasteiger partial charge in [-0.3, -0.25) is 0 Å². The van der Waals surface area contributed by atoms with Crippen molar-refractivity contribution in [2.75, 3.05) is 0 Å². The zero-order chi connectivity index (χ0) is 0. The van der Waals surface area contributed by atoms with E-state index in [1.807, 2.05) is 0 Å². The van der Waals surface area contributed by atoms with Crippen LogP contribution in [-0.4, -0.2) is 73.5 Å². The number of hydrogen-bond donors (Lipinski definition) is 0. The summed E-state index contributed by atoms with van der Waals surface area (Å²) in [5.74, 6) is 0. The maximum absolute atomic E-state index is 0. The maximum Gasteiger partial charge on any atom is 3.00 e. The molecule has 0 N–H and O–H groups in total. The topological polar surface area (TPSA) is 85.5 Å². The second-order valence-corrected chi connectivity index (χ2v) is 0. The molecular formula is H6Al2B2O3P2Si2. The molecule has 0 fully saturated rings. The summed E-state index contributed by atoms with van der Waals surface area (Å²) in [7, 11) is 0. The molecule has 0 atom stereocenters. The molecule has 0 aromatic carbocycles. The van der Waals surface area contributed by atoms with Crippen molar-refractivity contribution in [3.8, 4) is 0 Å². The Morgan fingerprint density at radius 1 is 0.455 bits per heavy atom. The Bertz CT molecular complexity index is 25.3. The predicted molar refractivity (Wildman–Crippen MR) is 58.8 cm³/mol. The van der Waals surface area contributed by atoms with Crippen LogP contribution in [-0.2, 0) is 16.4 Å². The Labute approximate surface area is 109 Å². The molecule has 0 aliphatic heterocycles. The van der Waals surface area contributed by atoms with Crippen LogP contribution in [0.5, 0.6) is 0 Å². The van der Waals surface area contributed by atoms with Crippen molar-refractivity contribution in [3.05, 3.63) is 0 Å². The first-order valence-electron chi connectivity index (χ1n) is 0. The molecule has 0 rings (SSSR count). The third-order valence-electron chi connectivity index (χ3n) is 0. The van der Waals surface area contributed by atoms with Crippen LogP contribution >= 0.6 is 19.8 Å². The molecule has 0 bridgehead atoms. The minimum Gasteiger partial charge on any atom is -2.00 e. The van der Waals surface area contributed by atoms with E-state index in [9.17, 15) is 0 Å². The van der Waals surface area contributed by atoms with Gasteiger partial charge in [0.1, 0.15) is 0 Å². The molecule has 0 aromatic rings. The van der Waals surface area contributed by atoms with Crippen molar-refractivity contribution in [3.63, 3.8) is 0 Å². The van der Waals surface area contributed by atoms with Crippen LogP contribution in [0.25, 0.3) is 0 Å².